The highest BCUT2D eigenvalue weighted by atomic mass is 16.1. The smallest absolute Gasteiger partial charge is 0.211 e. The molecule has 1 rings (SSSR count). The third-order valence-corrected chi connectivity index (χ3v) is 1.20. The maximum absolute atomic E-state index is 9.82. The molecule has 0 heterocycles. The van der Waals surface area contributed by atoms with Crippen molar-refractivity contribution in [2.45, 2.75) is 6.92 Å². The zero-order chi connectivity index (χ0) is 7.40. The van der Waals surface area contributed by atoms with Gasteiger partial charge in [-0.2, -0.15) is 4.99 Å². The Balaban J connectivity index is 3.14. The molecule has 0 fully saturated rings. The van der Waals surface area contributed by atoms with Crippen LogP contribution < -0.4 is 0 Å². The number of benzene rings is 1. The fourth-order valence-electron chi connectivity index (χ4n) is 0.682. The minimum Gasteiger partial charge on any atom is -0.211 e. The Morgan fingerprint density at radius 2 is 2.50 bits per heavy atom. The molecule has 0 aromatic heterocycles. The van der Waals surface area contributed by atoms with Crippen molar-refractivity contribution in [3.8, 4) is 0 Å². The fraction of sp³-hybridized carbons (Fsp3) is 0.125. The Labute approximate surface area is 59.2 Å². The molecule has 0 spiro atoms. The second-order valence-electron chi connectivity index (χ2n) is 1.88. The van der Waals surface area contributed by atoms with Crippen LogP contribution in [0.2, 0.25) is 0 Å². The lowest BCUT2D eigenvalue weighted by Crippen LogP contribution is -1.71. The SMILES string of the molecule is Cc1[c]cccc1N=C=O. The van der Waals surface area contributed by atoms with Crippen LogP contribution in [0.25, 0.3) is 0 Å². The first-order chi connectivity index (χ1) is 4.84. The van der Waals surface area contributed by atoms with Crippen LogP contribution >= 0.6 is 0 Å². The van der Waals surface area contributed by atoms with Gasteiger partial charge in [-0.15, -0.1) is 0 Å². The van der Waals surface area contributed by atoms with E-state index in [0.717, 1.165) is 5.56 Å². The van der Waals surface area contributed by atoms with Crippen LogP contribution in [-0.2, 0) is 4.79 Å². The molecule has 1 aromatic rings. The second-order valence-corrected chi connectivity index (χ2v) is 1.88. The summed E-state index contributed by atoms with van der Waals surface area (Å²) in [5.41, 5.74) is 1.50. The number of carbonyl (C=O) groups excluding carboxylic acids is 1. The third kappa shape index (κ3) is 1.30. The molecule has 0 aliphatic heterocycles. The fourth-order valence-corrected chi connectivity index (χ4v) is 0.682. The Hall–Kier alpha value is -1.40. The highest BCUT2D eigenvalue weighted by Gasteiger charge is 1.90. The normalized spacial score (nSPS) is 8.50. The number of aliphatic imine (C=N–C) groups is 1. The second kappa shape index (κ2) is 2.95. The van der Waals surface area contributed by atoms with Crippen molar-refractivity contribution in [1.82, 2.24) is 0 Å². The summed E-state index contributed by atoms with van der Waals surface area (Å²) in [7, 11) is 0. The standard InChI is InChI=1S/C8H6NO/c1-7-4-2-3-5-8(7)9-6-10/h2-3,5H,1H3. The third-order valence-electron chi connectivity index (χ3n) is 1.20. The number of hydrogen-bond donors (Lipinski definition) is 0. The van der Waals surface area contributed by atoms with Gasteiger partial charge < -0.3 is 0 Å². The molecule has 49 valence electrons. The van der Waals surface area contributed by atoms with Crippen LogP contribution in [0, 0.1) is 13.0 Å². The van der Waals surface area contributed by atoms with E-state index in [4.69, 9.17) is 0 Å². The molecule has 0 aliphatic rings. The summed E-state index contributed by atoms with van der Waals surface area (Å²) >= 11 is 0. The van der Waals surface area contributed by atoms with Gasteiger partial charge in [-0.25, -0.2) is 4.79 Å². The van der Waals surface area contributed by atoms with E-state index in [1.807, 2.05) is 6.92 Å². The number of aryl methyl sites for hydroxylation is 1. The molecule has 2 heteroatoms. The first kappa shape index (κ1) is 6.72. The van der Waals surface area contributed by atoms with Crippen molar-refractivity contribution in [2.75, 3.05) is 0 Å². The number of nitrogens with zero attached hydrogens (tertiary/aromatic N) is 1. The Kier molecular flexibility index (Phi) is 1.98. The highest BCUT2D eigenvalue weighted by Crippen LogP contribution is 2.14. The van der Waals surface area contributed by atoms with Crippen LogP contribution in [0.5, 0.6) is 0 Å². The summed E-state index contributed by atoms with van der Waals surface area (Å²) in [6.07, 6.45) is 1.48. The van der Waals surface area contributed by atoms with E-state index >= 15 is 0 Å². The quantitative estimate of drug-likeness (QED) is 0.423. The predicted octanol–water partition coefficient (Wildman–Crippen LogP) is 1.76. The van der Waals surface area contributed by atoms with Gasteiger partial charge in [0.25, 0.3) is 0 Å². The molecule has 0 saturated heterocycles. The van der Waals surface area contributed by atoms with Crippen LogP contribution in [0.1, 0.15) is 5.56 Å². The average Bonchev–Trinajstić information content (AvgIpc) is 1.94. The molecule has 0 aliphatic carbocycles. The molecule has 10 heavy (non-hydrogen) atoms. The summed E-state index contributed by atoms with van der Waals surface area (Å²) in [5.74, 6) is 0. The van der Waals surface area contributed by atoms with Crippen LogP contribution in [0.15, 0.2) is 23.2 Å². The average molecular weight is 132 g/mol. The number of isocyanates is 1. The van der Waals surface area contributed by atoms with Crippen molar-refractivity contribution in [1.29, 1.82) is 0 Å². The molecule has 0 bridgehead atoms. The molecular formula is C8H6NO. The van der Waals surface area contributed by atoms with Crippen molar-refractivity contribution in [3.05, 3.63) is 29.8 Å². The summed E-state index contributed by atoms with van der Waals surface area (Å²) in [6.45, 7) is 1.84. The van der Waals surface area contributed by atoms with E-state index < -0.39 is 0 Å². The molecule has 0 N–H and O–H groups in total. The minimum absolute atomic E-state index is 0.637. The van der Waals surface area contributed by atoms with Gasteiger partial charge in [0.15, 0.2) is 0 Å². The lowest BCUT2D eigenvalue weighted by atomic mass is 10.2. The predicted molar refractivity (Wildman–Crippen MR) is 37.8 cm³/mol. The van der Waals surface area contributed by atoms with Crippen molar-refractivity contribution >= 4 is 11.8 Å². The van der Waals surface area contributed by atoms with Crippen LogP contribution in [0.4, 0.5) is 5.69 Å². The summed E-state index contributed by atoms with van der Waals surface area (Å²) in [6, 6.07) is 8.22. The molecule has 0 atom stereocenters. The molecule has 2 nitrogen and oxygen atoms in total. The number of rotatable bonds is 1. The summed E-state index contributed by atoms with van der Waals surface area (Å²) < 4.78 is 0. The van der Waals surface area contributed by atoms with Gasteiger partial charge in [-0.3, -0.25) is 0 Å². The lowest BCUT2D eigenvalue weighted by Gasteiger charge is -1.92. The van der Waals surface area contributed by atoms with Gasteiger partial charge in [0.2, 0.25) is 6.08 Å². The van der Waals surface area contributed by atoms with E-state index in [-0.39, 0.29) is 0 Å². The van der Waals surface area contributed by atoms with Gasteiger partial charge in [-0.05, 0) is 24.6 Å². The summed E-state index contributed by atoms with van der Waals surface area (Å²) in [5, 5.41) is 0. The van der Waals surface area contributed by atoms with Crippen molar-refractivity contribution in [3.63, 3.8) is 0 Å². The molecule has 0 unspecified atom stereocenters. The highest BCUT2D eigenvalue weighted by molar-refractivity contribution is 5.52. The Bertz CT molecular complexity index is 274. The van der Waals surface area contributed by atoms with E-state index in [1.54, 1.807) is 18.2 Å². The molecule has 0 saturated carbocycles. The Morgan fingerprint density at radius 3 is 3.10 bits per heavy atom. The van der Waals surface area contributed by atoms with Crippen LogP contribution in [0.3, 0.4) is 0 Å². The first-order valence-electron chi connectivity index (χ1n) is 2.90. The van der Waals surface area contributed by atoms with Gasteiger partial charge in [0, 0.05) is 0 Å². The molecule has 0 amide bonds. The molecule has 1 aromatic carbocycles. The van der Waals surface area contributed by atoms with Gasteiger partial charge in [0.1, 0.15) is 0 Å². The van der Waals surface area contributed by atoms with Crippen molar-refractivity contribution in [2.24, 2.45) is 4.99 Å². The van der Waals surface area contributed by atoms with Gasteiger partial charge in [0.05, 0.1) is 5.69 Å². The van der Waals surface area contributed by atoms with E-state index in [0.29, 0.717) is 5.69 Å². The van der Waals surface area contributed by atoms with E-state index in [1.165, 1.54) is 6.08 Å². The van der Waals surface area contributed by atoms with Crippen LogP contribution in [-0.4, -0.2) is 6.08 Å². The maximum Gasteiger partial charge on any atom is 0.240 e. The van der Waals surface area contributed by atoms with Gasteiger partial charge >= 0.3 is 0 Å². The zero-order valence-corrected chi connectivity index (χ0v) is 5.59. The first-order valence-corrected chi connectivity index (χ1v) is 2.90. The topological polar surface area (TPSA) is 29.4 Å². The summed E-state index contributed by atoms with van der Waals surface area (Å²) in [4.78, 5) is 13.3. The Morgan fingerprint density at radius 1 is 1.70 bits per heavy atom. The van der Waals surface area contributed by atoms with Gasteiger partial charge in [-0.1, -0.05) is 12.1 Å². The molecule has 1 radical (unpaired) electrons. The number of hydrogen-bond acceptors (Lipinski definition) is 2. The minimum atomic E-state index is 0.637. The van der Waals surface area contributed by atoms with E-state index in [2.05, 4.69) is 11.1 Å². The largest absolute Gasteiger partial charge is 0.240 e. The zero-order valence-electron chi connectivity index (χ0n) is 5.59. The monoisotopic (exact) mass is 132 g/mol. The van der Waals surface area contributed by atoms with Crippen molar-refractivity contribution < 1.29 is 4.79 Å². The van der Waals surface area contributed by atoms with E-state index in [9.17, 15) is 4.79 Å². The molecular weight excluding hydrogens is 126 g/mol. The lowest BCUT2D eigenvalue weighted by molar-refractivity contribution is 0.565. The maximum atomic E-state index is 9.82.